The maximum absolute atomic E-state index is 13.3. The average molecular weight is 533 g/mol. The van der Waals surface area contributed by atoms with Crippen molar-refractivity contribution in [2.75, 3.05) is 25.4 Å². The number of carbonyl (C=O) groups is 1. The van der Waals surface area contributed by atoms with Gasteiger partial charge >= 0.3 is 5.97 Å². The molecule has 1 aliphatic carbocycles. The van der Waals surface area contributed by atoms with Crippen molar-refractivity contribution in [2.24, 2.45) is 23.7 Å². The second-order valence-corrected chi connectivity index (χ2v) is 12.6. The van der Waals surface area contributed by atoms with Crippen molar-refractivity contribution < 1.29 is 9.90 Å². The number of piperidine rings is 1. The molecule has 0 radical (unpaired) electrons. The summed E-state index contributed by atoms with van der Waals surface area (Å²) in [4.78, 5) is 32.1. The summed E-state index contributed by atoms with van der Waals surface area (Å²) in [6.07, 6.45) is 4.71. The standard InChI is InChI=1S/C27H37ClN4O3S/c1-3-31-12-9-23-21(14-31)26(33)32(16(2)30-23)11-4-5-17-6-7-18(28)13-20(17)19-8-10-29-24-22(27(34)35)15-36-25(19)24/h17-20,22,24-25,29H,3,6-15H2,1-2H3,(H,34,35). The van der Waals surface area contributed by atoms with E-state index in [4.69, 9.17) is 16.6 Å². The fourth-order valence-corrected chi connectivity index (χ4v) is 8.96. The zero-order chi connectivity index (χ0) is 25.4. The highest BCUT2D eigenvalue weighted by molar-refractivity contribution is 8.00. The van der Waals surface area contributed by atoms with Crippen LogP contribution in [0.25, 0.3) is 0 Å². The fourth-order valence-electron chi connectivity index (χ4n) is 6.77. The highest BCUT2D eigenvalue weighted by Gasteiger charge is 2.50. The summed E-state index contributed by atoms with van der Waals surface area (Å²) in [6.45, 7) is 7.79. The van der Waals surface area contributed by atoms with Gasteiger partial charge in [0.15, 0.2) is 0 Å². The first-order chi connectivity index (χ1) is 17.4. The van der Waals surface area contributed by atoms with Gasteiger partial charge in [-0.25, -0.2) is 4.98 Å². The van der Waals surface area contributed by atoms with Crippen molar-refractivity contribution in [1.82, 2.24) is 19.8 Å². The quantitative estimate of drug-likeness (QED) is 0.455. The third-order valence-corrected chi connectivity index (χ3v) is 10.8. The summed E-state index contributed by atoms with van der Waals surface area (Å²) in [5.41, 5.74) is 1.82. The summed E-state index contributed by atoms with van der Waals surface area (Å²) in [6, 6.07) is 0.0287. The third-order valence-electron chi connectivity index (χ3n) is 8.80. The van der Waals surface area contributed by atoms with E-state index in [0.29, 0.717) is 35.9 Å². The summed E-state index contributed by atoms with van der Waals surface area (Å²) in [5.74, 6) is 8.31. The van der Waals surface area contributed by atoms with Gasteiger partial charge in [0.05, 0.1) is 23.7 Å². The molecule has 0 amide bonds. The first kappa shape index (κ1) is 26.1. The molecule has 0 aromatic carbocycles. The normalized spacial score (nSPS) is 34.4. The fraction of sp³-hybridized carbons (Fsp3) is 0.741. The number of alkyl halides is 1. The maximum atomic E-state index is 13.3. The Morgan fingerprint density at radius 3 is 2.92 bits per heavy atom. The van der Waals surface area contributed by atoms with Crippen LogP contribution in [0.3, 0.4) is 0 Å². The van der Waals surface area contributed by atoms with Crippen LogP contribution in [0.1, 0.15) is 49.7 Å². The number of hydrogen-bond acceptors (Lipinski definition) is 6. The highest BCUT2D eigenvalue weighted by atomic mass is 35.5. The van der Waals surface area contributed by atoms with Gasteiger partial charge < -0.3 is 10.4 Å². The summed E-state index contributed by atoms with van der Waals surface area (Å²) in [5, 5.41) is 13.6. The second kappa shape index (κ2) is 11.1. The van der Waals surface area contributed by atoms with E-state index in [1.807, 2.05) is 18.7 Å². The molecule has 1 aromatic heterocycles. The highest BCUT2D eigenvalue weighted by Crippen LogP contribution is 2.48. The van der Waals surface area contributed by atoms with E-state index in [2.05, 4.69) is 29.0 Å². The van der Waals surface area contributed by atoms with Crippen molar-refractivity contribution in [1.29, 1.82) is 0 Å². The molecular weight excluding hydrogens is 496 g/mol. The molecule has 1 aromatic rings. The van der Waals surface area contributed by atoms with Crippen molar-refractivity contribution in [3.8, 4) is 11.8 Å². The molecule has 0 spiro atoms. The van der Waals surface area contributed by atoms with Crippen LogP contribution in [0, 0.1) is 42.4 Å². The molecule has 196 valence electrons. The number of aryl methyl sites for hydroxylation is 1. The lowest BCUT2D eigenvalue weighted by Gasteiger charge is -2.44. The SMILES string of the molecule is CCN1CCc2nc(C)n(CC#CC3CCC(Cl)CC3C3CCNC4C(C(=O)O)CSC34)c(=O)c2C1. The maximum Gasteiger partial charge on any atom is 0.308 e. The van der Waals surface area contributed by atoms with Crippen molar-refractivity contribution in [3.05, 3.63) is 27.4 Å². The molecule has 7 atom stereocenters. The Morgan fingerprint density at radius 2 is 2.14 bits per heavy atom. The van der Waals surface area contributed by atoms with E-state index in [9.17, 15) is 14.7 Å². The first-order valence-corrected chi connectivity index (χ1v) is 14.9. The molecule has 2 saturated heterocycles. The molecule has 1 saturated carbocycles. The van der Waals surface area contributed by atoms with E-state index in [0.717, 1.165) is 68.8 Å². The van der Waals surface area contributed by atoms with E-state index in [1.54, 1.807) is 4.57 Å². The monoisotopic (exact) mass is 532 g/mol. The Balaban J connectivity index is 1.35. The molecule has 7 unspecified atom stereocenters. The number of fused-ring (bicyclic) bond motifs is 2. The van der Waals surface area contributed by atoms with Crippen LogP contribution in [-0.4, -0.2) is 67.6 Å². The van der Waals surface area contributed by atoms with E-state index in [-0.39, 0.29) is 28.8 Å². The number of carboxylic acids is 1. The van der Waals surface area contributed by atoms with E-state index < -0.39 is 5.97 Å². The number of nitrogens with one attached hydrogen (secondary N) is 1. The minimum atomic E-state index is -0.695. The number of nitrogens with zero attached hydrogens (tertiary/aromatic N) is 3. The molecule has 7 nitrogen and oxygen atoms in total. The average Bonchev–Trinajstić information content (AvgIpc) is 3.31. The van der Waals surface area contributed by atoms with Gasteiger partial charge in [0.2, 0.25) is 0 Å². The number of likely N-dealkylation sites (N-methyl/N-ethyl adjacent to an activating group) is 1. The summed E-state index contributed by atoms with van der Waals surface area (Å²) in [7, 11) is 0. The molecule has 4 aliphatic rings. The number of aromatic nitrogens is 2. The molecule has 2 N–H and O–H groups in total. The lowest BCUT2D eigenvalue weighted by molar-refractivity contribution is -0.141. The number of thioether (sulfide) groups is 1. The van der Waals surface area contributed by atoms with Crippen LogP contribution >= 0.6 is 23.4 Å². The first-order valence-electron chi connectivity index (χ1n) is 13.4. The van der Waals surface area contributed by atoms with Gasteiger partial charge in [-0.1, -0.05) is 18.8 Å². The van der Waals surface area contributed by atoms with Crippen molar-refractivity contribution in [3.63, 3.8) is 0 Å². The van der Waals surface area contributed by atoms with Crippen LogP contribution in [-0.2, 0) is 24.3 Å². The van der Waals surface area contributed by atoms with Gasteiger partial charge in [-0.2, -0.15) is 11.8 Å². The Morgan fingerprint density at radius 1 is 1.31 bits per heavy atom. The summed E-state index contributed by atoms with van der Waals surface area (Å²) < 4.78 is 1.73. The Kier molecular flexibility index (Phi) is 8.02. The van der Waals surface area contributed by atoms with Gasteiger partial charge in [0, 0.05) is 47.8 Å². The minimum absolute atomic E-state index is 0.0287. The van der Waals surface area contributed by atoms with E-state index in [1.165, 1.54) is 0 Å². The van der Waals surface area contributed by atoms with Gasteiger partial charge in [0.25, 0.3) is 5.56 Å². The number of aliphatic carboxylic acids is 1. The topological polar surface area (TPSA) is 87.5 Å². The van der Waals surface area contributed by atoms with Crippen molar-refractivity contribution >= 4 is 29.3 Å². The summed E-state index contributed by atoms with van der Waals surface area (Å²) >= 11 is 8.47. The Hall–Kier alpha value is -1.53. The number of hydrogen-bond donors (Lipinski definition) is 2. The predicted octanol–water partition coefficient (Wildman–Crippen LogP) is 2.75. The van der Waals surface area contributed by atoms with Gasteiger partial charge in [-0.05, 0) is 57.5 Å². The van der Waals surface area contributed by atoms with Crippen LogP contribution in [0.15, 0.2) is 4.79 Å². The number of halogens is 1. The van der Waals surface area contributed by atoms with Crippen LogP contribution in [0.5, 0.6) is 0 Å². The molecule has 0 bridgehead atoms. The van der Waals surface area contributed by atoms with Crippen LogP contribution < -0.4 is 10.9 Å². The third kappa shape index (κ3) is 5.09. The molecule has 36 heavy (non-hydrogen) atoms. The Bertz CT molecular complexity index is 1110. The predicted molar refractivity (Wildman–Crippen MR) is 143 cm³/mol. The molecule has 4 heterocycles. The van der Waals surface area contributed by atoms with Crippen LogP contribution in [0.4, 0.5) is 0 Å². The Labute approximate surface area is 222 Å². The zero-order valence-electron chi connectivity index (χ0n) is 21.2. The molecule has 3 fully saturated rings. The van der Waals surface area contributed by atoms with Crippen molar-refractivity contribution in [2.45, 2.75) is 75.7 Å². The molecule has 9 heteroatoms. The largest absolute Gasteiger partial charge is 0.481 e. The van der Waals surface area contributed by atoms with Gasteiger partial charge in [-0.3, -0.25) is 19.1 Å². The zero-order valence-corrected chi connectivity index (χ0v) is 22.8. The number of rotatable bonds is 4. The van der Waals surface area contributed by atoms with E-state index >= 15 is 0 Å². The molecule has 3 aliphatic heterocycles. The molecular formula is C27H37ClN4O3S. The van der Waals surface area contributed by atoms with Crippen LogP contribution in [0.2, 0.25) is 0 Å². The number of carboxylic acid groups (broad SMARTS) is 1. The smallest absolute Gasteiger partial charge is 0.308 e. The molecule has 5 rings (SSSR count). The second-order valence-electron chi connectivity index (χ2n) is 10.8. The lowest BCUT2D eigenvalue weighted by Crippen LogP contribution is -2.53. The lowest BCUT2D eigenvalue weighted by atomic mass is 9.68. The minimum Gasteiger partial charge on any atom is -0.481 e. The van der Waals surface area contributed by atoms with Gasteiger partial charge in [0.1, 0.15) is 5.82 Å². The van der Waals surface area contributed by atoms with Gasteiger partial charge in [-0.15, -0.1) is 11.6 Å².